The monoisotopic (exact) mass is 728 g/mol. The number of aromatic amines is 1. The maximum atomic E-state index is 16.3. The molecule has 6 rings (SSSR count). The van der Waals surface area contributed by atoms with Crippen molar-refractivity contribution in [1.82, 2.24) is 39.0 Å². The SMILES string of the molecule is CS[C@@H]1COP(O)(=S)O[C@H]2[C@H](F)[C@H](n3cnc4c(N)ncnc43)O[C@@H]2COP(=O)(S)O[C@@H](n2cnc3c(=O)[nH]c(N)nc32)[C@@H]1F. The van der Waals surface area contributed by atoms with Gasteiger partial charge in [-0.25, -0.2) is 33.3 Å². The first kappa shape index (κ1) is 32.6. The summed E-state index contributed by atoms with van der Waals surface area (Å²) in [5, 5.41) is -1.18. The normalized spacial score (nSPS) is 35.1. The summed E-state index contributed by atoms with van der Waals surface area (Å²) in [7, 11) is 0. The van der Waals surface area contributed by atoms with Crippen LogP contribution in [0.1, 0.15) is 12.5 Å². The minimum Gasteiger partial charge on any atom is -0.382 e. The average Bonchev–Trinajstić information content (AvgIpc) is 3.67. The molecule has 0 radical (unpaired) electrons. The summed E-state index contributed by atoms with van der Waals surface area (Å²) in [5.74, 6) is -0.263. The van der Waals surface area contributed by atoms with Gasteiger partial charge in [-0.2, -0.15) is 16.7 Å². The number of rotatable bonds is 3. The zero-order valence-electron chi connectivity index (χ0n) is 22.7. The third-order valence-corrected chi connectivity index (χ3v) is 11.0. The van der Waals surface area contributed by atoms with Crippen molar-refractivity contribution in [3.63, 3.8) is 0 Å². The highest BCUT2D eigenvalue weighted by Crippen LogP contribution is 2.58. The number of nitrogens with zero attached hydrogens (tertiary/aromatic N) is 7. The Balaban J connectivity index is 1.36. The van der Waals surface area contributed by atoms with Gasteiger partial charge >= 0.3 is 13.5 Å². The van der Waals surface area contributed by atoms with E-state index in [0.29, 0.717) is 0 Å². The van der Waals surface area contributed by atoms with Gasteiger partial charge in [0.05, 0.1) is 31.1 Å². The zero-order valence-corrected chi connectivity index (χ0v) is 27.0. The van der Waals surface area contributed by atoms with Gasteiger partial charge in [0.2, 0.25) is 5.95 Å². The van der Waals surface area contributed by atoms with Crippen LogP contribution in [0.2, 0.25) is 0 Å². The van der Waals surface area contributed by atoms with E-state index in [2.05, 4.69) is 42.2 Å². The van der Waals surface area contributed by atoms with E-state index in [-0.39, 0.29) is 34.1 Å². The minimum absolute atomic E-state index is 0.0407. The quantitative estimate of drug-likeness (QED) is 0.149. The van der Waals surface area contributed by atoms with Crippen molar-refractivity contribution in [2.75, 3.05) is 30.9 Å². The Kier molecular flexibility index (Phi) is 8.98. The van der Waals surface area contributed by atoms with Crippen molar-refractivity contribution in [2.24, 2.45) is 0 Å². The lowest BCUT2D eigenvalue weighted by Crippen LogP contribution is -2.34. The second-order valence-electron chi connectivity index (χ2n) is 9.68. The van der Waals surface area contributed by atoms with Crippen molar-refractivity contribution < 1.29 is 41.1 Å². The molecule has 0 aromatic carbocycles. The van der Waals surface area contributed by atoms with Gasteiger partial charge in [-0.05, 0) is 18.1 Å². The lowest BCUT2D eigenvalue weighted by molar-refractivity contribution is -0.0438. The van der Waals surface area contributed by atoms with E-state index in [9.17, 15) is 14.3 Å². The fourth-order valence-electron chi connectivity index (χ4n) is 4.79. The molecule has 2 aliphatic heterocycles. The van der Waals surface area contributed by atoms with Crippen LogP contribution in [0.25, 0.3) is 22.3 Å². The van der Waals surface area contributed by atoms with Crippen LogP contribution in [0.5, 0.6) is 0 Å². The number of thiol groups is 1. The van der Waals surface area contributed by atoms with Gasteiger partial charge < -0.3 is 25.6 Å². The number of nitrogens with two attached hydrogens (primary N) is 2. The summed E-state index contributed by atoms with van der Waals surface area (Å²) in [4.78, 5) is 45.6. The molecular weight excluding hydrogens is 704 g/mol. The number of imidazole rings is 2. The van der Waals surface area contributed by atoms with Crippen LogP contribution in [0.4, 0.5) is 20.5 Å². The molecule has 0 amide bonds. The van der Waals surface area contributed by atoms with Crippen LogP contribution in [0, 0.1) is 0 Å². The Morgan fingerprint density at radius 2 is 1.78 bits per heavy atom. The number of halogens is 2. The number of thioether (sulfide) groups is 1. The number of hydrogen-bond acceptors (Lipinski definition) is 16. The van der Waals surface area contributed by atoms with Crippen molar-refractivity contribution in [1.29, 1.82) is 0 Å². The van der Waals surface area contributed by atoms with Gasteiger partial charge in [-0.15, -0.1) is 0 Å². The van der Waals surface area contributed by atoms with Gasteiger partial charge in [0.15, 0.2) is 47.4 Å². The van der Waals surface area contributed by atoms with E-state index < -0.39 is 74.5 Å². The fourth-order valence-corrected chi connectivity index (χ4v) is 8.31. The Morgan fingerprint density at radius 3 is 2.51 bits per heavy atom. The molecule has 6 N–H and O–H groups in total. The van der Waals surface area contributed by atoms with Crippen molar-refractivity contribution in [2.45, 2.75) is 42.3 Å². The highest BCUT2D eigenvalue weighted by Gasteiger charge is 2.51. The van der Waals surface area contributed by atoms with Crippen LogP contribution in [-0.2, 0) is 39.2 Å². The largest absolute Gasteiger partial charge is 0.388 e. The van der Waals surface area contributed by atoms with E-state index >= 15 is 8.78 Å². The molecule has 0 bridgehead atoms. The van der Waals surface area contributed by atoms with E-state index in [0.717, 1.165) is 29.0 Å². The predicted molar refractivity (Wildman–Crippen MR) is 163 cm³/mol. The maximum absolute atomic E-state index is 16.3. The van der Waals surface area contributed by atoms with E-state index in [4.69, 9.17) is 46.1 Å². The second kappa shape index (κ2) is 12.4. The molecule has 6 heterocycles. The summed E-state index contributed by atoms with van der Waals surface area (Å²) in [6.45, 7) is -10.1. The molecule has 2 unspecified atom stereocenters. The van der Waals surface area contributed by atoms with E-state index in [1.807, 2.05) is 0 Å². The standard InChI is InChI=1S/C20H24F2N10O8P2S3/c1-45-8-3-37-41(34,43)39-13-7(38-18(10(13)22)31-5-27-11-14(23)25-4-26-15(11)31)2-36-42(35,44)40-19(9(8)21)32-6-28-12-16(32)29-20(24)30-17(12)33/h4-10,13,18-19H,2-3H2,1H3,(H,34,43)(H,35,44)(H2,23,25,26)(H3,24,29,30,33)/t7-,8-,9-,10+,13-,18-,19-,41?,42?/m1/s1. The average molecular weight is 729 g/mol. The summed E-state index contributed by atoms with van der Waals surface area (Å²) in [5.41, 5.74) is 10.7. The molecule has 0 spiro atoms. The number of anilines is 2. The highest BCUT2D eigenvalue weighted by atomic mass is 32.7. The van der Waals surface area contributed by atoms with Gasteiger partial charge in [0.1, 0.15) is 24.1 Å². The van der Waals surface area contributed by atoms with Crippen molar-refractivity contribution in [3.8, 4) is 0 Å². The molecule has 244 valence electrons. The smallest absolute Gasteiger partial charge is 0.382 e. The molecule has 9 atom stereocenters. The first-order valence-electron chi connectivity index (χ1n) is 12.7. The topological polar surface area (TPSA) is 243 Å². The minimum atomic E-state index is -4.54. The number of nitrogen functional groups attached to an aromatic ring is 2. The molecule has 0 aliphatic carbocycles. The van der Waals surface area contributed by atoms with E-state index in [1.165, 1.54) is 17.2 Å². The lowest BCUT2D eigenvalue weighted by Gasteiger charge is -2.29. The predicted octanol–water partition coefficient (Wildman–Crippen LogP) is 1.63. The van der Waals surface area contributed by atoms with Crippen LogP contribution >= 0.6 is 37.5 Å². The molecule has 4 aromatic heterocycles. The Hall–Kier alpha value is -2.30. The van der Waals surface area contributed by atoms with Crippen molar-refractivity contribution in [3.05, 3.63) is 29.3 Å². The number of fused-ring (bicyclic) bond motifs is 3. The lowest BCUT2D eigenvalue weighted by atomic mass is 10.1. The first-order valence-corrected chi connectivity index (χ1v) is 19.3. The first-order chi connectivity index (χ1) is 21.3. The van der Waals surface area contributed by atoms with Gasteiger partial charge in [-0.1, -0.05) is 12.2 Å². The Labute approximate surface area is 265 Å². The number of hydrogen-bond donors (Lipinski definition) is 5. The molecule has 25 heteroatoms. The second-order valence-corrected chi connectivity index (χ2v) is 16.4. The molecule has 0 saturated carbocycles. The Bertz CT molecular complexity index is 1900. The van der Waals surface area contributed by atoms with Gasteiger partial charge in [0, 0.05) is 0 Å². The third kappa shape index (κ3) is 6.35. The summed E-state index contributed by atoms with van der Waals surface area (Å²) < 4.78 is 76.0. The molecule has 2 aliphatic rings. The third-order valence-electron chi connectivity index (χ3n) is 6.88. The molecule has 2 fully saturated rings. The molecule has 2 saturated heterocycles. The highest BCUT2D eigenvalue weighted by molar-refractivity contribution is 8.44. The summed E-state index contributed by atoms with van der Waals surface area (Å²) in [6.07, 6.45) is -5.54. The number of alkyl halides is 2. The van der Waals surface area contributed by atoms with Crippen LogP contribution in [-0.4, -0.2) is 93.2 Å². The molecule has 45 heavy (non-hydrogen) atoms. The number of ether oxygens (including phenoxy) is 1. The van der Waals surface area contributed by atoms with E-state index in [1.54, 1.807) is 0 Å². The molecule has 18 nitrogen and oxygen atoms in total. The molecular formula is C20H24F2N10O8P2S3. The van der Waals surface area contributed by atoms with Crippen molar-refractivity contribution >= 4 is 83.4 Å². The summed E-state index contributed by atoms with van der Waals surface area (Å²) in [6, 6.07) is 0. The maximum Gasteiger partial charge on any atom is 0.388 e. The van der Waals surface area contributed by atoms with Gasteiger partial charge in [-0.3, -0.25) is 32.5 Å². The summed E-state index contributed by atoms with van der Waals surface area (Å²) >= 11 is 10.1. The van der Waals surface area contributed by atoms with Crippen LogP contribution in [0.3, 0.4) is 0 Å². The molecule has 4 aromatic rings. The van der Waals surface area contributed by atoms with Gasteiger partial charge in [0.25, 0.3) is 5.56 Å². The van der Waals surface area contributed by atoms with Crippen LogP contribution in [0.15, 0.2) is 23.8 Å². The number of aromatic nitrogens is 8. The number of nitrogens with one attached hydrogen (secondary N) is 1. The van der Waals surface area contributed by atoms with Crippen LogP contribution < -0.4 is 17.0 Å². The fraction of sp³-hybridized carbons (Fsp3) is 0.500. The number of H-pyrrole nitrogens is 1. The zero-order chi connectivity index (χ0) is 32.3. The Morgan fingerprint density at radius 1 is 1.07 bits per heavy atom.